The van der Waals surface area contributed by atoms with Gasteiger partial charge in [-0.1, -0.05) is 12.1 Å². The molecule has 0 fully saturated rings. The minimum atomic E-state index is -1.82. The number of hydrogen-bond donors (Lipinski definition) is 4. The van der Waals surface area contributed by atoms with E-state index < -0.39 is 11.9 Å². The maximum atomic E-state index is 9.10. The predicted molar refractivity (Wildman–Crippen MR) is 60.8 cm³/mol. The van der Waals surface area contributed by atoms with E-state index >= 15 is 0 Å². The van der Waals surface area contributed by atoms with Gasteiger partial charge in [-0.05, 0) is 12.1 Å². The maximum Gasteiger partial charge on any atom is 0.414 e. The van der Waals surface area contributed by atoms with Gasteiger partial charge in [-0.2, -0.15) is 0 Å². The van der Waals surface area contributed by atoms with Gasteiger partial charge in [0.2, 0.25) is 0 Å². The van der Waals surface area contributed by atoms with Crippen LogP contribution in [0.4, 0.5) is 11.4 Å². The van der Waals surface area contributed by atoms with Crippen molar-refractivity contribution in [3.8, 4) is 0 Å². The summed E-state index contributed by atoms with van der Waals surface area (Å²) in [7, 11) is 3.83. The minimum Gasteiger partial charge on any atom is -0.473 e. The maximum absolute atomic E-state index is 9.10. The highest BCUT2D eigenvalue weighted by atomic mass is 16.4. The van der Waals surface area contributed by atoms with Crippen LogP contribution in [0.5, 0.6) is 0 Å². The number of nitrogens with one attached hydrogen (secondary N) is 2. The summed E-state index contributed by atoms with van der Waals surface area (Å²) in [6, 6.07) is 8.08. The number of anilines is 2. The van der Waals surface area contributed by atoms with E-state index in [0.717, 1.165) is 11.4 Å². The molecule has 16 heavy (non-hydrogen) atoms. The van der Waals surface area contributed by atoms with Crippen LogP contribution < -0.4 is 10.6 Å². The molecule has 1 rings (SSSR count). The van der Waals surface area contributed by atoms with Gasteiger partial charge in [0.25, 0.3) is 0 Å². The highest BCUT2D eigenvalue weighted by Gasteiger charge is 2.04. The number of carboxylic acid groups (broad SMARTS) is 2. The fraction of sp³-hybridized carbons (Fsp3) is 0.200. The van der Waals surface area contributed by atoms with Gasteiger partial charge in [-0.15, -0.1) is 0 Å². The normalized spacial score (nSPS) is 8.38. The lowest BCUT2D eigenvalue weighted by Crippen LogP contribution is -2.09. The molecule has 0 saturated heterocycles. The van der Waals surface area contributed by atoms with Gasteiger partial charge >= 0.3 is 11.9 Å². The van der Waals surface area contributed by atoms with Gasteiger partial charge in [0, 0.05) is 14.1 Å². The second kappa shape index (κ2) is 7.10. The largest absolute Gasteiger partial charge is 0.473 e. The zero-order valence-electron chi connectivity index (χ0n) is 9.02. The number of carbonyl (C=O) groups is 2. The molecule has 0 atom stereocenters. The van der Waals surface area contributed by atoms with E-state index in [0.29, 0.717) is 0 Å². The fourth-order valence-electron chi connectivity index (χ4n) is 0.919. The van der Waals surface area contributed by atoms with Crippen molar-refractivity contribution in [3.05, 3.63) is 24.3 Å². The van der Waals surface area contributed by atoms with Gasteiger partial charge in [0.1, 0.15) is 0 Å². The number of hydrogen-bond acceptors (Lipinski definition) is 4. The number of benzene rings is 1. The highest BCUT2D eigenvalue weighted by Crippen LogP contribution is 2.18. The minimum absolute atomic E-state index is 1.13. The number of aliphatic carboxylic acids is 2. The second-order valence-electron chi connectivity index (χ2n) is 2.66. The Labute approximate surface area is 92.9 Å². The van der Waals surface area contributed by atoms with E-state index in [1.165, 1.54) is 0 Å². The van der Waals surface area contributed by atoms with E-state index in [4.69, 9.17) is 19.8 Å². The van der Waals surface area contributed by atoms with E-state index in [1.807, 2.05) is 38.4 Å². The Balaban J connectivity index is 0.000000325. The Kier molecular flexibility index (Phi) is 6.11. The molecule has 0 unspecified atom stereocenters. The Bertz CT molecular complexity index is 331. The molecule has 0 aromatic heterocycles. The first-order chi connectivity index (χ1) is 7.52. The summed E-state index contributed by atoms with van der Waals surface area (Å²) in [5.74, 6) is -3.65. The summed E-state index contributed by atoms with van der Waals surface area (Å²) in [4.78, 5) is 18.2. The molecule has 88 valence electrons. The molecule has 6 nitrogen and oxygen atoms in total. The van der Waals surface area contributed by atoms with Crippen LogP contribution >= 0.6 is 0 Å². The van der Waals surface area contributed by atoms with E-state index in [1.54, 1.807) is 0 Å². The lowest BCUT2D eigenvalue weighted by molar-refractivity contribution is -0.159. The van der Waals surface area contributed by atoms with Crippen molar-refractivity contribution in [1.82, 2.24) is 0 Å². The van der Waals surface area contributed by atoms with Gasteiger partial charge in [-0.25, -0.2) is 9.59 Å². The number of para-hydroxylation sites is 2. The monoisotopic (exact) mass is 226 g/mol. The smallest absolute Gasteiger partial charge is 0.414 e. The van der Waals surface area contributed by atoms with Crippen molar-refractivity contribution in [2.24, 2.45) is 0 Å². The van der Waals surface area contributed by atoms with Crippen LogP contribution in [0.1, 0.15) is 0 Å². The van der Waals surface area contributed by atoms with Crippen LogP contribution in [0.25, 0.3) is 0 Å². The lowest BCUT2D eigenvalue weighted by Gasteiger charge is -2.06. The molecule has 6 heteroatoms. The summed E-state index contributed by atoms with van der Waals surface area (Å²) in [5, 5.41) is 21.0. The van der Waals surface area contributed by atoms with Crippen LogP contribution in [0.15, 0.2) is 24.3 Å². The first-order valence-corrected chi connectivity index (χ1v) is 4.43. The van der Waals surface area contributed by atoms with Crippen LogP contribution in [-0.4, -0.2) is 36.2 Å². The molecule has 1 aromatic carbocycles. The van der Waals surface area contributed by atoms with Crippen molar-refractivity contribution in [2.75, 3.05) is 24.7 Å². The molecule has 0 spiro atoms. The Hall–Kier alpha value is -2.24. The lowest BCUT2D eigenvalue weighted by atomic mass is 10.3. The molecular weight excluding hydrogens is 212 g/mol. The molecule has 0 aliphatic heterocycles. The average molecular weight is 226 g/mol. The molecule has 0 bridgehead atoms. The summed E-state index contributed by atoms with van der Waals surface area (Å²) in [5.41, 5.74) is 2.26. The zero-order valence-corrected chi connectivity index (χ0v) is 9.02. The average Bonchev–Trinajstić information content (AvgIpc) is 2.29. The first-order valence-electron chi connectivity index (χ1n) is 4.43. The van der Waals surface area contributed by atoms with Crippen LogP contribution in [0.3, 0.4) is 0 Å². The Morgan fingerprint density at radius 1 is 0.938 bits per heavy atom. The number of carboxylic acids is 2. The van der Waals surface area contributed by atoms with E-state index in [2.05, 4.69) is 10.6 Å². The topological polar surface area (TPSA) is 98.7 Å². The summed E-state index contributed by atoms with van der Waals surface area (Å²) >= 11 is 0. The SMILES string of the molecule is CNc1ccccc1NC.O=C(O)C(=O)O. The van der Waals surface area contributed by atoms with Gasteiger partial charge in [0.15, 0.2) is 0 Å². The van der Waals surface area contributed by atoms with Crippen molar-refractivity contribution < 1.29 is 19.8 Å². The highest BCUT2D eigenvalue weighted by molar-refractivity contribution is 6.27. The molecule has 4 N–H and O–H groups in total. The fourth-order valence-corrected chi connectivity index (χ4v) is 0.919. The standard InChI is InChI=1S/C8H12N2.C2H2O4/c1-9-7-5-3-4-6-8(7)10-2;3-1(4)2(5)6/h3-6,9-10H,1-2H3;(H,3,4)(H,5,6). The van der Waals surface area contributed by atoms with E-state index in [9.17, 15) is 0 Å². The van der Waals surface area contributed by atoms with Crippen LogP contribution in [0.2, 0.25) is 0 Å². The Morgan fingerprint density at radius 2 is 1.25 bits per heavy atom. The van der Waals surface area contributed by atoms with Crippen molar-refractivity contribution in [3.63, 3.8) is 0 Å². The van der Waals surface area contributed by atoms with Gasteiger partial charge in [-0.3, -0.25) is 0 Å². The molecule has 0 radical (unpaired) electrons. The molecule has 0 amide bonds. The van der Waals surface area contributed by atoms with E-state index in [-0.39, 0.29) is 0 Å². The third-order valence-electron chi connectivity index (χ3n) is 1.65. The Morgan fingerprint density at radius 3 is 1.44 bits per heavy atom. The number of rotatable bonds is 2. The zero-order chi connectivity index (χ0) is 12.6. The molecule has 1 aromatic rings. The molecule has 0 saturated carbocycles. The van der Waals surface area contributed by atoms with Crippen molar-refractivity contribution in [1.29, 1.82) is 0 Å². The molecular formula is C10H14N2O4. The van der Waals surface area contributed by atoms with Crippen molar-refractivity contribution in [2.45, 2.75) is 0 Å². The third kappa shape index (κ3) is 4.85. The quantitative estimate of drug-likeness (QED) is 0.560. The van der Waals surface area contributed by atoms with Crippen LogP contribution in [0, 0.1) is 0 Å². The summed E-state index contributed by atoms with van der Waals surface area (Å²) in [6.45, 7) is 0. The first kappa shape index (κ1) is 13.8. The molecule has 0 aliphatic rings. The van der Waals surface area contributed by atoms with Crippen molar-refractivity contribution >= 4 is 23.3 Å². The second-order valence-corrected chi connectivity index (χ2v) is 2.66. The third-order valence-corrected chi connectivity index (χ3v) is 1.65. The van der Waals surface area contributed by atoms with Gasteiger partial charge in [0.05, 0.1) is 11.4 Å². The summed E-state index contributed by atoms with van der Waals surface area (Å²) in [6.07, 6.45) is 0. The van der Waals surface area contributed by atoms with Gasteiger partial charge < -0.3 is 20.8 Å². The predicted octanol–water partition coefficient (Wildman–Crippen LogP) is 0.926. The molecule has 0 aliphatic carbocycles. The summed E-state index contributed by atoms with van der Waals surface area (Å²) < 4.78 is 0. The molecule has 0 heterocycles. The van der Waals surface area contributed by atoms with Crippen LogP contribution in [-0.2, 0) is 9.59 Å².